The van der Waals surface area contributed by atoms with E-state index in [1.54, 1.807) is 24.4 Å². The maximum Gasteiger partial charge on any atom is 0.0160 e. The molecule has 0 aliphatic heterocycles. The summed E-state index contributed by atoms with van der Waals surface area (Å²) in [5.74, 6) is 8.97. The molecule has 0 aliphatic carbocycles. The number of rotatable bonds is 14. The molecular weight excluding hydrogens is 2420 g/mol. The van der Waals surface area contributed by atoms with Gasteiger partial charge in [-0.25, -0.2) is 0 Å². The molecular formula is C104H104Ge4Ir4N8-8. The summed E-state index contributed by atoms with van der Waals surface area (Å²) >= 11 is -15.7. The molecule has 0 N–H and O–H groups in total. The molecule has 1 unspecified atom stereocenters. The predicted molar refractivity (Wildman–Crippen MR) is 499 cm³/mol. The number of hydrogen-bond acceptors (Lipinski definition) is 8. The molecule has 16 rings (SSSR count). The van der Waals surface area contributed by atoms with Crippen LogP contribution in [0.4, 0.5) is 0 Å². The fourth-order valence-corrected chi connectivity index (χ4v) is 16.9. The summed E-state index contributed by atoms with van der Waals surface area (Å²) in [4.78, 5) is 32.2. The molecule has 0 aliphatic rings. The fraction of sp³-hybridized carbons (Fsp3) is 0.154. The Balaban J connectivity index is 0.000000350. The molecule has 4 radical (unpaired) electrons. The van der Waals surface area contributed by atoms with Gasteiger partial charge in [0.25, 0.3) is 0 Å². The topological polar surface area (TPSA) is 103 Å². The minimum Gasteiger partial charge on any atom is -0.305 e. The summed E-state index contributed by atoms with van der Waals surface area (Å²) in [5, 5.41) is 0. The molecule has 0 spiro atoms. The van der Waals surface area contributed by atoms with E-state index in [1.807, 2.05) is 91.1 Å². The minimum absolute atomic E-state index is 0. The number of hydrogen-bond donors (Lipinski definition) is 0. The summed E-state index contributed by atoms with van der Waals surface area (Å²) in [6.45, 7) is -1.64. The number of pyridine rings is 8. The van der Waals surface area contributed by atoms with Crippen molar-refractivity contribution >= 4 is 70.6 Å². The molecule has 8 heterocycles. The van der Waals surface area contributed by atoms with Gasteiger partial charge in [0.05, 0.1) is 16.4 Å². The largest absolute Gasteiger partial charge is 0.305 e. The van der Waals surface area contributed by atoms with Crippen molar-refractivity contribution in [3.05, 3.63) is 412 Å². The van der Waals surface area contributed by atoms with E-state index in [9.17, 15) is 0 Å². The summed E-state index contributed by atoms with van der Waals surface area (Å²) < 4.78 is 418. The van der Waals surface area contributed by atoms with Crippen LogP contribution in [0.25, 0.3) is 90.1 Å². The predicted octanol–water partition coefficient (Wildman–Crippen LogP) is 23.8. The first-order chi connectivity index (χ1) is 78.1. The molecule has 16 aromatic rings. The van der Waals surface area contributed by atoms with Crippen molar-refractivity contribution in [1.29, 1.82) is 0 Å². The molecule has 0 fully saturated rings. The molecule has 8 aromatic heterocycles. The molecule has 16 heteroatoms. The van der Waals surface area contributed by atoms with E-state index < -0.39 is 288 Å². The van der Waals surface area contributed by atoms with Gasteiger partial charge in [-0.05, 0) is 55.2 Å². The van der Waals surface area contributed by atoms with E-state index in [-0.39, 0.29) is 163 Å². The summed E-state index contributed by atoms with van der Waals surface area (Å²) in [7, 11) is 0. The van der Waals surface area contributed by atoms with Gasteiger partial charge in [-0.2, -0.15) is 0 Å². The van der Waals surface area contributed by atoms with Crippen molar-refractivity contribution in [2.45, 2.75) is 88.8 Å². The quantitative estimate of drug-likeness (QED) is 0.0784. The monoisotopic (exact) mass is 2590 g/mol. The Morgan fingerprint density at radius 1 is 0.308 bits per heavy atom. The van der Waals surface area contributed by atoms with Crippen LogP contribution in [0.3, 0.4) is 0 Å². The normalized spacial score (nSPS) is 18.1. The Hall–Kier alpha value is -8.27. The van der Waals surface area contributed by atoms with E-state index in [1.165, 1.54) is 52.3 Å². The molecule has 0 saturated carbocycles. The van der Waals surface area contributed by atoms with E-state index >= 15 is 0 Å². The van der Waals surface area contributed by atoms with Crippen LogP contribution in [0.5, 0.6) is 0 Å². The average molecular weight is 2580 g/mol. The van der Waals surface area contributed by atoms with Crippen LogP contribution in [-0.2, 0) is 86.8 Å². The molecule has 620 valence electrons. The summed E-state index contributed by atoms with van der Waals surface area (Å²) in [6.07, 6.45) is 5.39. The molecule has 1 atom stereocenters. The maximum atomic E-state index is 8.37. The molecule has 8 aromatic carbocycles. The van der Waals surface area contributed by atoms with Crippen LogP contribution in [0, 0.1) is 54.4 Å². The third kappa shape index (κ3) is 35.7. The fourth-order valence-electron chi connectivity index (χ4n) is 9.29. The Bertz CT molecular complexity index is 7830. The molecule has 8 nitrogen and oxygen atoms in total. The number of benzene rings is 8. The van der Waals surface area contributed by atoms with E-state index in [4.69, 9.17) is 74.0 Å². The van der Waals surface area contributed by atoms with Crippen LogP contribution >= 0.6 is 0 Å². The third-order valence-corrected chi connectivity index (χ3v) is 28.6. The van der Waals surface area contributed by atoms with Crippen LogP contribution in [0.2, 0.25) is 68.6 Å². The van der Waals surface area contributed by atoms with Crippen LogP contribution < -0.4 is 17.6 Å². The van der Waals surface area contributed by atoms with E-state index in [0.29, 0.717) is 10.1 Å². The smallest absolute Gasteiger partial charge is 0.0160 e. The van der Waals surface area contributed by atoms with Crippen molar-refractivity contribution in [3.63, 3.8) is 0 Å². The van der Waals surface area contributed by atoms with Gasteiger partial charge in [0.1, 0.15) is 0 Å². The zero-order chi connectivity index (χ0) is 129. The number of aromatic nitrogens is 8. The van der Waals surface area contributed by atoms with Crippen molar-refractivity contribution in [2.75, 3.05) is 0 Å². The van der Waals surface area contributed by atoms with Gasteiger partial charge in [0.15, 0.2) is 0 Å². The first-order valence-corrected chi connectivity index (χ1v) is 57.8. The van der Waals surface area contributed by atoms with Crippen molar-refractivity contribution in [2.24, 2.45) is 5.89 Å². The van der Waals surface area contributed by atoms with Gasteiger partial charge in [-0.3, -0.25) is 0 Å². The standard InChI is InChI=1S/C18H24GeN.3C14H16GeN.4C11H8N.4Ir/c1-14(2)11-16-12-18(15-9-7-6-8-10-15)20-13-17(16)19(3,4)5;3*1-15(2,3)13-9-10-14(16-11-13)12-7-5-4-6-8-12;4*1-2-6-10(7-3-1)11-8-4-5-9-12-11;;;;/h6-9,12-14H,11H2,1-5H3;3*4-7,9-11H,1-3H3;4*1-6,8-9H;;;;/q8*-1;;;;/i1D3,3D3,4D3,6D,7D,8D,9D,14D;1D3,2D3,4D,5D,6D,7D;1D3,2D3;;3*1D,2D,3D,4D,5D,6D,8D,9D;;;;;. The zero-order valence-corrected chi connectivity index (χ0v) is 82.7. The van der Waals surface area contributed by atoms with Crippen LogP contribution in [0.15, 0.2) is 358 Å². The third-order valence-electron chi connectivity index (χ3n) is 15.0. The molecule has 120 heavy (non-hydrogen) atoms. The molecule has 0 amide bonds. The van der Waals surface area contributed by atoms with Gasteiger partial charge in [-0.15, -0.1) is 143 Å². The van der Waals surface area contributed by atoms with Crippen LogP contribution in [-0.4, -0.2) is 92.9 Å². The second-order valence-electron chi connectivity index (χ2n) is 25.5. The number of nitrogens with zero attached hydrogens (tertiary/aromatic N) is 8. The van der Waals surface area contributed by atoms with Gasteiger partial charge in [-0.1, -0.05) is 48.4 Å². The Morgan fingerprint density at radius 2 is 0.633 bits per heavy atom. The summed E-state index contributed by atoms with van der Waals surface area (Å²) in [5.41, 5.74) is -11.7. The first kappa shape index (κ1) is 47.6. The Kier molecular flexibility index (Phi) is 21.2. The van der Waals surface area contributed by atoms with Crippen molar-refractivity contribution in [1.82, 2.24) is 39.9 Å². The minimum atomic E-state index is -5.06. The molecule has 0 saturated heterocycles. The average Bonchev–Trinajstić information content (AvgIpc) is 0.720. The SMILES string of the molecule is [2H][C]([2H])([2H])[Ge]([CH3])([c]1ccc(-c2[c-]cccc2)nc1)[C]([2H])([2H])[2H].[2H]c1[c-]c(-c2cc(CC([2H])(C)C([2H])([2H])[2H])[c]([Ge]([CH3])([C]([2H])([2H])[2H])[C]([2H])([2H])[2H])cn2)c([2H])c([2H])c1[2H].[2H]c1[c-]c(-c2cc[c]([Ge]([CH3])([C]([2H])([2H])[2H])[C]([2H])([2H])[2H])cn2)c([2H])c([2H])c1[2H].[2H]c1[c-]c(-c2nc([2H])c([2H])c([2H])c2[2H])c([2H])c([2H])c1[2H].[2H]c1[c-]c(-c2nc([2H])c([2H])c([2H])c2[2H])c([2H])c([2H])c1[2H].[2H]c1[c-]c(-c2nc([2H])c([2H])c([2H])c2[2H])c([2H])c([2H])c1[2H].[CH3][Ge]([CH3])([CH3])[c]1ccc(-c2[c-]cccc2)nc1.[Ir].[Ir].[Ir].[Ir].[c-]1ccccc1-c1ccccn1. The molecule has 0 bridgehead atoms. The van der Waals surface area contributed by atoms with Gasteiger partial charge < -0.3 is 19.9 Å². The van der Waals surface area contributed by atoms with E-state index in [0.717, 1.165) is 41.2 Å². The van der Waals surface area contributed by atoms with Gasteiger partial charge in [0, 0.05) is 113 Å². The van der Waals surface area contributed by atoms with E-state index in [2.05, 4.69) is 118 Å². The second kappa shape index (κ2) is 53.6. The Labute approximate surface area is 856 Å². The van der Waals surface area contributed by atoms with Crippen molar-refractivity contribution < 1.29 is 154 Å². The van der Waals surface area contributed by atoms with Crippen LogP contribution in [0.1, 0.15) is 93.4 Å². The first-order valence-electron chi connectivity index (χ1n) is 61.7. The van der Waals surface area contributed by atoms with Gasteiger partial charge in [0.2, 0.25) is 0 Å². The Morgan fingerprint density at radius 3 is 0.950 bits per heavy atom. The van der Waals surface area contributed by atoms with Crippen molar-refractivity contribution in [3.8, 4) is 90.1 Å². The maximum absolute atomic E-state index is 8.37. The second-order valence-corrected chi connectivity index (χ2v) is 53.9. The summed E-state index contributed by atoms with van der Waals surface area (Å²) in [6, 6.07) is 48.6. The zero-order valence-electron chi connectivity index (χ0n) is 119. The van der Waals surface area contributed by atoms with Gasteiger partial charge >= 0.3 is 465 Å².